The monoisotopic (exact) mass is 375 g/mol. The Balaban J connectivity index is 2.18. The number of halogens is 1. The van der Waals surface area contributed by atoms with E-state index >= 15 is 0 Å². The number of para-hydroxylation sites is 1. The molecule has 1 amide bonds. The van der Waals surface area contributed by atoms with Crippen molar-refractivity contribution in [2.75, 3.05) is 4.31 Å². The van der Waals surface area contributed by atoms with E-state index in [4.69, 9.17) is 22.6 Å². The molecule has 0 radical (unpaired) electrons. The number of rotatable bonds is 3. The molecule has 1 aliphatic heterocycles. The molecule has 0 saturated heterocycles. The average molecular weight is 376 g/mol. The van der Waals surface area contributed by atoms with Gasteiger partial charge in [-0.25, -0.2) is 8.42 Å². The fourth-order valence-corrected chi connectivity index (χ4v) is 4.93. The number of anilines is 1. The van der Waals surface area contributed by atoms with Crippen molar-refractivity contribution < 1.29 is 13.2 Å². The van der Waals surface area contributed by atoms with Crippen molar-refractivity contribution in [1.29, 1.82) is 5.26 Å². The fourth-order valence-electron chi connectivity index (χ4n) is 2.93. The predicted molar refractivity (Wildman–Crippen MR) is 93.6 cm³/mol. The summed E-state index contributed by atoms with van der Waals surface area (Å²) in [6.45, 7) is 0. The summed E-state index contributed by atoms with van der Waals surface area (Å²) in [4.78, 5) is 11.8. The number of fused-ring (bicyclic) bond motifs is 1. The molecule has 6 nitrogen and oxygen atoms in total. The van der Waals surface area contributed by atoms with Gasteiger partial charge in [-0.3, -0.25) is 9.10 Å². The minimum atomic E-state index is -4.08. The van der Waals surface area contributed by atoms with Crippen LogP contribution in [0.15, 0.2) is 47.4 Å². The Morgan fingerprint density at radius 1 is 1.28 bits per heavy atom. The third kappa shape index (κ3) is 2.95. The van der Waals surface area contributed by atoms with E-state index in [-0.39, 0.29) is 15.5 Å². The Morgan fingerprint density at radius 2 is 2.00 bits per heavy atom. The van der Waals surface area contributed by atoms with E-state index in [9.17, 15) is 13.2 Å². The number of nitrogens with two attached hydrogens (primary N) is 1. The standard InChI is InChI=1S/C17H14ClN3O3S/c18-14-9-13(7-5-12(14)10-19)25(23,24)21-15-4-2-1-3-11(15)6-8-16(21)17(20)22/h1-5,7,9,16H,6,8H2,(H2,20,22). The first-order valence-electron chi connectivity index (χ1n) is 7.47. The maximum absolute atomic E-state index is 13.2. The number of hydrogen-bond acceptors (Lipinski definition) is 4. The van der Waals surface area contributed by atoms with Crippen LogP contribution in [0.4, 0.5) is 5.69 Å². The molecule has 1 atom stereocenters. The number of aryl methyl sites for hydroxylation is 1. The highest BCUT2D eigenvalue weighted by molar-refractivity contribution is 7.93. The number of carbonyl (C=O) groups excluding carboxylic acids is 1. The van der Waals surface area contributed by atoms with Crippen LogP contribution < -0.4 is 10.0 Å². The molecule has 1 aliphatic rings. The Bertz CT molecular complexity index is 998. The van der Waals surface area contributed by atoms with Crippen LogP contribution in [0.25, 0.3) is 0 Å². The smallest absolute Gasteiger partial charge is 0.265 e. The van der Waals surface area contributed by atoms with Gasteiger partial charge in [0.25, 0.3) is 10.0 Å². The van der Waals surface area contributed by atoms with Crippen LogP contribution >= 0.6 is 11.6 Å². The second kappa shape index (κ2) is 6.39. The van der Waals surface area contributed by atoms with Crippen molar-refractivity contribution in [2.45, 2.75) is 23.8 Å². The van der Waals surface area contributed by atoms with Gasteiger partial charge in [-0.05, 0) is 42.7 Å². The van der Waals surface area contributed by atoms with Crippen molar-refractivity contribution in [3.05, 3.63) is 58.6 Å². The third-order valence-electron chi connectivity index (χ3n) is 4.15. The molecular formula is C17H14ClN3O3S. The number of nitrogens with zero attached hydrogens (tertiary/aromatic N) is 2. The number of nitriles is 1. The van der Waals surface area contributed by atoms with E-state index in [1.165, 1.54) is 18.2 Å². The predicted octanol–water partition coefficient (Wildman–Crippen LogP) is 2.21. The van der Waals surface area contributed by atoms with Crippen molar-refractivity contribution in [2.24, 2.45) is 5.73 Å². The van der Waals surface area contributed by atoms with E-state index in [2.05, 4.69) is 0 Å². The lowest BCUT2D eigenvalue weighted by atomic mass is 9.98. The van der Waals surface area contributed by atoms with Gasteiger partial charge in [-0.15, -0.1) is 0 Å². The van der Waals surface area contributed by atoms with Gasteiger partial charge in [0.15, 0.2) is 0 Å². The van der Waals surface area contributed by atoms with Gasteiger partial charge in [0.2, 0.25) is 5.91 Å². The minimum absolute atomic E-state index is 0.0319. The molecule has 1 unspecified atom stereocenters. The number of benzene rings is 2. The molecule has 25 heavy (non-hydrogen) atoms. The molecule has 0 bridgehead atoms. The molecule has 0 spiro atoms. The van der Waals surface area contributed by atoms with Crippen LogP contribution in [0.5, 0.6) is 0 Å². The molecule has 0 fully saturated rings. The maximum Gasteiger partial charge on any atom is 0.265 e. The first kappa shape index (κ1) is 17.3. The summed E-state index contributed by atoms with van der Waals surface area (Å²) < 4.78 is 27.4. The third-order valence-corrected chi connectivity index (χ3v) is 6.28. The number of sulfonamides is 1. The Kier molecular flexibility index (Phi) is 4.41. The summed E-state index contributed by atoms with van der Waals surface area (Å²) in [5.74, 6) is -0.710. The number of amides is 1. The minimum Gasteiger partial charge on any atom is -0.368 e. The van der Waals surface area contributed by atoms with Gasteiger partial charge in [0.1, 0.15) is 12.1 Å². The van der Waals surface area contributed by atoms with Gasteiger partial charge >= 0.3 is 0 Å². The maximum atomic E-state index is 13.2. The molecule has 2 aromatic carbocycles. The molecule has 0 aliphatic carbocycles. The molecule has 3 rings (SSSR count). The SMILES string of the molecule is N#Cc1ccc(S(=O)(=O)N2c3ccccc3CCC2C(N)=O)cc1Cl. The fraction of sp³-hybridized carbons (Fsp3) is 0.176. The van der Waals surface area contributed by atoms with Crippen molar-refractivity contribution in [3.8, 4) is 6.07 Å². The number of carbonyl (C=O) groups is 1. The zero-order chi connectivity index (χ0) is 18.2. The highest BCUT2D eigenvalue weighted by atomic mass is 35.5. The lowest BCUT2D eigenvalue weighted by molar-refractivity contribution is -0.119. The quantitative estimate of drug-likeness (QED) is 0.887. The summed E-state index contributed by atoms with van der Waals surface area (Å²) >= 11 is 5.98. The number of primary amides is 1. The van der Waals surface area contributed by atoms with Crippen molar-refractivity contribution >= 4 is 33.2 Å². The van der Waals surface area contributed by atoms with Gasteiger partial charge in [0.05, 0.1) is 21.2 Å². The zero-order valence-corrected chi connectivity index (χ0v) is 14.6. The first-order chi connectivity index (χ1) is 11.9. The average Bonchev–Trinajstić information content (AvgIpc) is 2.60. The topological polar surface area (TPSA) is 104 Å². The van der Waals surface area contributed by atoms with E-state index in [0.717, 1.165) is 9.87 Å². The van der Waals surface area contributed by atoms with Gasteiger partial charge in [0, 0.05) is 0 Å². The van der Waals surface area contributed by atoms with Crippen LogP contribution in [-0.2, 0) is 21.2 Å². The van der Waals surface area contributed by atoms with Gasteiger partial charge in [-0.2, -0.15) is 5.26 Å². The lowest BCUT2D eigenvalue weighted by Gasteiger charge is -2.36. The van der Waals surface area contributed by atoms with E-state index in [1.54, 1.807) is 12.1 Å². The van der Waals surface area contributed by atoms with E-state index in [1.807, 2.05) is 18.2 Å². The van der Waals surface area contributed by atoms with Crippen molar-refractivity contribution in [1.82, 2.24) is 0 Å². The largest absolute Gasteiger partial charge is 0.368 e. The second-order valence-electron chi connectivity index (χ2n) is 5.64. The molecule has 0 aromatic heterocycles. The molecular weight excluding hydrogens is 362 g/mol. The van der Waals surface area contributed by atoms with Crippen LogP contribution in [0.1, 0.15) is 17.5 Å². The molecule has 0 saturated carbocycles. The highest BCUT2D eigenvalue weighted by Gasteiger charge is 2.39. The molecule has 2 aromatic rings. The van der Waals surface area contributed by atoms with Crippen LogP contribution in [0, 0.1) is 11.3 Å². The molecule has 2 N–H and O–H groups in total. The highest BCUT2D eigenvalue weighted by Crippen LogP contribution is 2.36. The van der Waals surface area contributed by atoms with Crippen LogP contribution in [-0.4, -0.2) is 20.4 Å². The lowest BCUT2D eigenvalue weighted by Crippen LogP contribution is -2.50. The summed E-state index contributed by atoms with van der Waals surface area (Å²) in [6.07, 6.45) is 0.861. The summed E-state index contributed by atoms with van der Waals surface area (Å²) in [5, 5.41) is 8.98. The Hall–Kier alpha value is -2.56. The normalized spacial score (nSPS) is 16.8. The summed E-state index contributed by atoms with van der Waals surface area (Å²) in [5.41, 5.74) is 6.87. The molecule has 128 valence electrons. The Labute approximate surface area is 150 Å². The van der Waals surface area contributed by atoms with Crippen molar-refractivity contribution in [3.63, 3.8) is 0 Å². The van der Waals surface area contributed by atoms with E-state index in [0.29, 0.717) is 18.5 Å². The number of hydrogen-bond donors (Lipinski definition) is 1. The van der Waals surface area contributed by atoms with Crippen LogP contribution in [0.3, 0.4) is 0 Å². The first-order valence-corrected chi connectivity index (χ1v) is 9.29. The Morgan fingerprint density at radius 3 is 2.64 bits per heavy atom. The second-order valence-corrected chi connectivity index (χ2v) is 7.86. The van der Waals surface area contributed by atoms with Crippen LogP contribution in [0.2, 0.25) is 5.02 Å². The summed E-state index contributed by atoms with van der Waals surface area (Å²) in [6, 6.07) is 11.7. The molecule has 8 heteroatoms. The van der Waals surface area contributed by atoms with E-state index < -0.39 is 22.0 Å². The summed E-state index contributed by atoms with van der Waals surface area (Å²) in [7, 11) is -4.08. The molecule has 1 heterocycles. The zero-order valence-electron chi connectivity index (χ0n) is 13.0. The van der Waals surface area contributed by atoms with Gasteiger partial charge < -0.3 is 5.73 Å². The van der Waals surface area contributed by atoms with Gasteiger partial charge in [-0.1, -0.05) is 29.8 Å².